The van der Waals surface area contributed by atoms with Gasteiger partial charge < -0.3 is 20.5 Å². The lowest BCUT2D eigenvalue weighted by molar-refractivity contribution is -0.129. The molecule has 5 rings (SSSR count). The second kappa shape index (κ2) is 12.2. The summed E-state index contributed by atoms with van der Waals surface area (Å²) in [4.78, 5) is 34.4. The number of H-pyrrole nitrogens is 1. The van der Waals surface area contributed by atoms with Crippen molar-refractivity contribution in [3.63, 3.8) is 0 Å². The van der Waals surface area contributed by atoms with Crippen molar-refractivity contribution in [3.8, 4) is 0 Å². The van der Waals surface area contributed by atoms with Crippen molar-refractivity contribution in [1.82, 2.24) is 20.5 Å². The molecule has 7 heteroatoms. The van der Waals surface area contributed by atoms with Crippen molar-refractivity contribution in [1.29, 1.82) is 0 Å². The van der Waals surface area contributed by atoms with Crippen LogP contribution >= 0.6 is 0 Å². The molecule has 0 spiro atoms. The summed E-state index contributed by atoms with van der Waals surface area (Å²) < 4.78 is 0. The van der Waals surface area contributed by atoms with Crippen molar-refractivity contribution in [3.05, 3.63) is 101 Å². The van der Waals surface area contributed by atoms with Gasteiger partial charge in [-0.3, -0.25) is 14.5 Å². The number of piperazine rings is 1. The maximum Gasteiger partial charge on any atom is 0.243 e. The average molecular weight is 524 g/mol. The van der Waals surface area contributed by atoms with E-state index in [9.17, 15) is 9.59 Å². The molecule has 3 N–H and O–H groups in total. The van der Waals surface area contributed by atoms with Crippen molar-refractivity contribution in [2.45, 2.75) is 32.9 Å². The second-order valence-corrected chi connectivity index (χ2v) is 10.4. The summed E-state index contributed by atoms with van der Waals surface area (Å²) in [5, 5.41) is 7.17. The van der Waals surface area contributed by atoms with Crippen LogP contribution in [0.15, 0.2) is 79.0 Å². The molecule has 1 fully saturated rings. The van der Waals surface area contributed by atoms with Gasteiger partial charge in [0.2, 0.25) is 11.8 Å². The zero-order chi connectivity index (χ0) is 27.2. The molecule has 202 valence electrons. The fraction of sp³-hybridized carbons (Fsp3) is 0.312. The van der Waals surface area contributed by atoms with Gasteiger partial charge in [-0.15, -0.1) is 0 Å². The summed E-state index contributed by atoms with van der Waals surface area (Å²) in [7, 11) is 0. The first kappa shape index (κ1) is 26.5. The number of aryl methyl sites for hydroxylation is 2. The fourth-order valence-corrected chi connectivity index (χ4v) is 5.20. The average Bonchev–Trinajstić information content (AvgIpc) is 3.37. The molecule has 7 nitrogen and oxygen atoms in total. The number of hydrogen-bond donors (Lipinski definition) is 3. The number of benzene rings is 3. The molecule has 4 aromatic rings. The molecule has 1 saturated heterocycles. The number of carbonyl (C=O) groups excluding carboxylic acids is 2. The molecule has 1 unspecified atom stereocenters. The van der Waals surface area contributed by atoms with Gasteiger partial charge in [-0.2, -0.15) is 0 Å². The third-order valence-electron chi connectivity index (χ3n) is 7.65. The Balaban J connectivity index is 1.23. The van der Waals surface area contributed by atoms with Crippen LogP contribution in [0.25, 0.3) is 10.9 Å². The topological polar surface area (TPSA) is 80.5 Å². The van der Waals surface area contributed by atoms with Crippen LogP contribution < -0.4 is 15.5 Å². The highest BCUT2D eigenvalue weighted by Gasteiger charge is 2.25. The quantitative estimate of drug-likeness (QED) is 0.310. The summed E-state index contributed by atoms with van der Waals surface area (Å²) >= 11 is 0. The van der Waals surface area contributed by atoms with Crippen molar-refractivity contribution in [2.75, 3.05) is 37.6 Å². The van der Waals surface area contributed by atoms with E-state index in [1.54, 1.807) is 0 Å². The van der Waals surface area contributed by atoms with Crippen LogP contribution in [0, 0.1) is 13.8 Å². The van der Waals surface area contributed by atoms with Crippen LogP contribution in [0.4, 0.5) is 5.69 Å². The summed E-state index contributed by atoms with van der Waals surface area (Å²) in [6.45, 7) is 8.17. The van der Waals surface area contributed by atoms with Gasteiger partial charge in [-0.05, 0) is 54.3 Å². The van der Waals surface area contributed by atoms with Gasteiger partial charge in [-0.1, -0.05) is 54.6 Å². The van der Waals surface area contributed by atoms with Crippen molar-refractivity contribution >= 4 is 28.4 Å². The van der Waals surface area contributed by atoms with Crippen LogP contribution in [0.2, 0.25) is 0 Å². The highest BCUT2D eigenvalue weighted by Crippen LogP contribution is 2.20. The standard InChI is InChI=1S/C32H37N5O2/c1-23-12-13-25(18-24(23)2)20-34-32(39)30(19-26-21-33-29-11-7-6-10-28(26)29)35-31(38)22-36-14-16-37(17-15-36)27-8-4-3-5-9-27/h3-13,18,21,30,33H,14-17,19-20,22H2,1-2H3,(H,34,39)(H,35,38). The Morgan fingerprint density at radius 3 is 2.41 bits per heavy atom. The second-order valence-electron chi connectivity index (χ2n) is 10.4. The minimum absolute atomic E-state index is 0.130. The number of nitrogens with zero attached hydrogens (tertiary/aromatic N) is 2. The van der Waals surface area contributed by atoms with Crippen molar-refractivity contribution in [2.24, 2.45) is 0 Å². The van der Waals surface area contributed by atoms with E-state index in [-0.39, 0.29) is 18.4 Å². The molecule has 2 heterocycles. The first-order valence-electron chi connectivity index (χ1n) is 13.7. The third-order valence-corrected chi connectivity index (χ3v) is 7.65. The molecule has 39 heavy (non-hydrogen) atoms. The number of hydrogen-bond acceptors (Lipinski definition) is 4. The number of carbonyl (C=O) groups is 2. The van der Waals surface area contributed by atoms with E-state index in [1.165, 1.54) is 16.8 Å². The van der Waals surface area contributed by atoms with Crippen LogP contribution in [-0.2, 0) is 22.6 Å². The van der Waals surface area contributed by atoms with Gasteiger partial charge >= 0.3 is 0 Å². The number of fused-ring (bicyclic) bond motifs is 1. The van der Waals surface area contributed by atoms with E-state index in [0.717, 1.165) is 48.2 Å². The van der Waals surface area contributed by atoms with E-state index in [1.807, 2.05) is 54.7 Å². The Labute approximate surface area is 230 Å². The van der Waals surface area contributed by atoms with Crippen LogP contribution in [0.5, 0.6) is 0 Å². The molecular weight excluding hydrogens is 486 g/mol. The van der Waals surface area contributed by atoms with Crippen LogP contribution in [-0.4, -0.2) is 60.5 Å². The highest BCUT2D eigenvalue weighted by atomic mass is 16.2. The monoisotopic (exact) mass is 523 g/mol. The van der Waals surface area contributed by atoms with Gasteiger partial charge in [0.05, 0.1) is 6.54 Å². The number of anilines is 1. The summed E-state index contributed by atoms with van der Waals surface area (Å²) in [6.07, 6.45) is 2.35. The number of amides is 2. The molecular formula is C32H37N5O2. The van der Waals surface area contributed by atoms with Gasteiger partial charge in [0, 0.05) is 61.9 Å². The molecule has 1 atom stereocenters. The minimum Gasteiger partial charge on any atom is -0.369 e. The fourth-order valence-electron chi connectivity index (χ4n) is 5.20. The SMILES string of the molecule is Cc1ccc(CNC(=O)C(Cc2c[nH]c3ccccc23)NC(=O)CN2CCN(c3ccccc3)CC2)cc1C. The van der Waals surface area contributed by atoms with Gasteiger partial charge in [0.15, 0.2) is 0 Å². The summed E-state index contributed by atoms with van der Waals surface area (Å²) in [5.74, 6) is -0.310. The predicted molar refractivity (Wildman–Crippen MR) is 157 cm³/mol. The van der Waals surface area contributed by atoms with Crippen molar-refractivity contribution < 1.29 is 9.59 Å². The van der Waals surface area contributed by atoms with E-state index in [4.69, 9.17) is 0 Å². The molecule has 3 aromatic carbocycles. The third kappa shape index (κ3) is 6.67. The summed E-state index contributed by atoms with van der Waals surface area (Å²) in [5.41, 5.74) is 6.69. The van der Waals surface area contributed by atoms with E-state index in [0.29, 0.717) is 13.0 Å². The Hall–Kier alpha value is -4.10. The largest absolute Gasteiger partial charge is 0.369 e. The normalized spacial score (nSPS) is 14.8. The molecule has 1 aliphatic rings. The Kier molecular flexibility index (Phi) is 8.27. The number of aromatic nitrogens is 1. The predicted octanol–water partition coefficient (Wildman–Crippen LogP) is 3.95. The molecule has 1 aliphatic heterocycles. The number of nitrogens with one attached hydrogen (secondary N) is 3. The van der Waals surface area contributed by atoms with E-state index < -0.39 is 6.04 Å². The van der Waals surface area contributed by atoms with Gasteiger partial charge in [0.1, 0.15) is 6.04 Å². The molecule has 0 aliphatic carbocycles. The lowest BCUT2D eigenvalue weighted by Crippen LogP contribution is -2.53. The lowest BCUT2D eigenvalue weighted by atomic mass is 10.0. The highest BCUT2D eigenvalue weighted by molar-refractivity contribution is 5.90. The van der Waals surface area contributed by atoms with E-state index >= 15 is 0 Å². The zero-order valence-corrected chi connectivity index (χ0v) is 22.7. The molecule has 0 saturated carbocycles. The number of para-hydroxylation sites is 2. The molecule has 0 radical (unpaired) electrons. The zero-order valence-electron chi connectivity index (χ0n) is 22.7. The maximum absolute atomic E-state index is 13.4. The summed E-state index contributed by atoms with van der Waals surface area (Å²) in [6, 6.07) is 23.9. The smallest absolute Gasteiger partial charge is 0.243 e. The van der Waals surface area contributed by atoms with Gasteiger partial charge in [0.25, 0.3) is 0 Å². The Morgan fingerprint density at radius 2 is 1.64 bits per heavy atom. The maximum atomic E-state index is 13.4. The van der Waals surface area contributed by atoms with Gasteiger partial charge in [-0.25, -0.2) is 0 Å². The molecule has 0 bridgehead atoms. The first-order chi connectivity index (χ1) is 19.0. The Bertz CT molecular complexity index is 1420. The molecule has 1 aromatic heterocycles. The molecule has 2 amide bonds. The van der Waals surface area contributed by atoms with Crippen LogP contribution in [0.1, 0.15) is 22.3 Å². The number of aromatic amines is 1. The Morgan fingerprint density at radius 1 is 0.897 bits per heavy atom. The first-order valence-corrected chi connectivity index (χ1v) is 13.7. The van der Waals surface area contributed by atoms with Crippen LogP contribution in [0.3, 0.4) is 0 Å². The lowest BCUT2D eigenvalue weighted by Gasteiger charge is -2.35. The minimum atomic E-state index is -0.672. The van der Waals surface area contributed by atoms with E-state index in [2.05, 4.69) is 63.5 Å². The number of rotatable bonds is 9.